The molecule has 0 bridgehead atoms. The summed E-state index contributed by atoms with van der Waals surface area (Å²) < 4.78 is 0. The van der Waals surface area contributed by atoms with E-state index in [1.807, 2.05) is 18.2 Å². The molecule has 1 heterocycles. The fourth-order valence-corrected chi connectivity index (χ4v) is 6.76. The first-order valence-corrected chi connectivity index (χ1v) is 15.7. The highest BCUT2D eigenvalue weighted by Crippen LogP contribution is 2.40. The van der Waals surface area contributed by atoms with Crippen molar-refractivity contribution in [3.05, 3.63) is 170 Å². The zero-order valence-corrected chi connectivity index (χ0v) is 25.1. The Morgan fingerprint density at radius 2 is 0.913 bits per heavy atom. The Bertz CT molecular complexity index is 2580. The van der Waals surface area contributed by atoms with E-state index < -0.39 is 0 Å². The maximum Gasteiger partial charge on any atom is 0.160 e. The highest BCUT2D eigenvalue weighted by atomic mass is 14.9. The van der Waals surface area contributed by atoms with Gasteiger partial charge in [0.05, 0.1) is 11.4 Å². The molecule has 9 aromatic rings. The summed E-state index contributed by atoms with van der Waals surface area (Å²) in [6.45, 7) is 0. The smallest absolute Gasteiger partial charge is 0.160 e. The van der Waals surface area contributed by atoms with Gasteiger partial charge in [0.2, 0.25) is 0 Å². The Morgan fingerprint density at radius 3 is 1.78 bits per heavy atom. The highest BCUT2D eigenvalue weighted by Gasteiger charge is 2.17. The van der Waals surface area contributed by atoms with Crippen molar-refractivity contribution in [3.63, 3.8) is 0 Å². The van der Waals surface area contributed by atoms with Gasteiger partial charge in [-0.2, -0.15) is 0 Å². The van der Waals surface area contributed by atoms with Crippen molar-refractivity contribution in [2.45, 2.75) is 0 Å². The molecular formula is C44H28N2. The van der Waals surface area contributed by atoms with Crippen molar-refractivity contribution in [1.29, 1.82) is 0 Å². The van der Waals surface area contributed by atoms with Gasteiger partial charge in [0.15, 0.2) is 5.82 Å². The molecule has 0 aliphatic rings. The van der Waals surface area contributed by atoms with E-state index in [1.54, 1.807) is 0 Å². The number of hydrogen-bond acceptors (Lipinski definition) is 2. The molecule has 46 heavy (non-hydrogen) atoms. The lowest BCUT2D eigenvalue weighted by atomic mass is 9.91. The lowest BCUT2D eigenvalue weighted by Gasteiger charge is -2.15. The molecule has 2 nitrogen and oxygen atoms in total. The monoisotopic (exact) mass is 584 g/mol. The minimum absolute atomic E-state index is 0.714. The van der Waals surface area contributed by atoms with Crippen molar-refractivity contribution in [1.82, 2.24) is 9.97 Å². The van der Waals surface area contributed by atoms with E-state index >= 15 is 0 Å². The van der Waals surface area contributed by atoms with Crippen molar-refractivity contribution < 1.29 is 0 Å². The van der Waals surface area contributed by atoms with Crippen LogP contribution in [0.25, 0.3) is 88.1 Å². The molecule has 1 aromatic heterocycles. The Hall–Kier alpha value is -6.12. The van der Waals surface area contributed by atoms with Crippen molar-refractivity contribution in [2.24, 2.45) is 0 Å². The molecule has 0 fully saturated rings. The van der Waals surface area contributed by atoms with E-state index in [-0.39, 0.29) is 0 Å². The lowest BCUT2D eigenvalue weighted by molar-refractivity contribution is 1.19. The largest absolute Gasteiger partial charge is 0.228 e. The summed E-state index contributed by atoms with van der Waals surface area (Å²) >= 11 is 0. The van der Waals surface area contributed by atoms with Crippen molar-refractivity contribution in [2.75, 3.05) is 0 Å². The molecule has 0 radical (unpaired) electrons. The first-order valence-electron chi connectivity index (χ1n) is 15.7. The second kappa shape index (κ2) is 10.8. The number of nitrogens with zero attached hydrogens (tertiary/aromatic N) is 2. The number of benzene rings is 8. The summed E-state index contributed by atoms with van der Waals surface area (Å²) in [5.41, 5.74) is 7.33. The van der Waals surface area contributed by atoms with E-state index in [0.717, 1.165) is 33.6 Å². The Kier molecular flexibility index (Phi) is 6.17. The minimum Gasteiger partial charge on any atom is -0.228 e. The standard InChI is InChI=1S/C44H28N2/c1-2-13-31(14-3-1)44-45-41(36-18-10-17-33(26-36)34-22-21-29-11-4-5-15-32(29)25-34)28-42(46-44)43-38-20-9-7-16-35(38)27-40-37-19-8-6-12-30(37)23-24-39(40)43/h1-28H. The molecule has 0 aliphatic carbocycles. The Labute approximate surface area is 267 Å². The van der Waals surface area contributed by atoms with E-state index in [9.17, 15) is 0 Å². The first-order chi connectivity index (χ1) is 22.8. The number of fused-ring (bicyclic) bond motifs is 5. The Morgan fingerprint density at radius 1 is 0.283 bits per heavy atom. The van der Waals surface area contributed by atoms with Crippen LogP contribution in [-0.4, -0.2) is 9.97 Å². The third kappa shape index (κ3) is 4.51. The SMILES string of the molecule is c1ccc(-c2nc(-c3cccc(-c4ccc5ccccc5c4)c3)cc(-c3c4ccccc4cc4c3ccc3ccccc34)n2)cc1. The molecular weight excluding hydrogens is 556 g/mol. The zero-order chi connectivity index (χ0) is 30.5. The van der Waals surface area contributed by atoms with Crippen molar-refractivity contribution >= 4 is 43.1 Å². The topological polar surface area (TPSA) is 25.8 Å². The quantitative estimate of drug-likeness (QED) is 0.152. The average molecular weight is 585 g/mol. The van der Waals surface area contributed by atoms with Crippen LogP contribution >= 0.6 is 0 Å². The fraction of sp³-hybridized carbons (Fsp3) is 0. The van der Waals surface area contributed by atoms with Gasteiger partial charge in [0, 0.05) is 16.7 Å². The summed E-state index contributed by atoms with van der Waals surface area (Å²) in [7, 11) is 0. The summed E-state index contributed by atoms with van der Waals surface area (Å²) in [6.07, 6.45) is 0. The highest BCUT2D eigenvalue weighted by molar-refractivity contribution is 6.19. The van der Waals surface area contributed by atoms with Gasteiger partial charge < -0.3 is 0 Å². The van der Waals surface area contributed by atoms with Crippen LogP contribution in [-0.2, 0) is 0 Å². The number of aromatic nitrogens is 2. The second-order valence-electron chi connectivity index (χ2n) is 11.8. The maximum absolute atomic E-state index is 5.28. The van der Waals surface area contributed by atoms with Gasteiger partial charge in [-0.1, -0.05) is 146 Å². The molecule has 0 amide bonds. The first kappa shape index (κ1) is 26.3. The van der Waals surface area contributed by atoms with Gasteiger partial charge in [0.1, 0.15) is 0 Å². The minimum atomic E-state index is 0.714. The van der Waals surface area contributed by atoms with Crippen LogP contribution in [0.4, 0.5) is 0 Å². The van der Waals surface area contributed by atoms with Crippen LogP contribution in [0.3, 0.4) is 0 Å². The van der Waals surface area contributed by atoms with E-state index in [2.05, 4.69) is 152 Å². The molecule has 0 unspecified atom stereocenters. The predicted octanol–water partition coefficient (Wildman–Crippen LogP) is 11.8. The maximum atomic E-state index is 5.28. The second-order valence-corrected chi connectivity index (χ2v) is 11.8. The lowest BCUT2D eigenvalue weighted by Crippen LogP contribution is -1.97. The van der Waals surface area contributed by atoms with Gasteiger partial charge in [-0.05, 0) is 78.5 Å². The average Bonchev–Trinajstić information content (AvgIpc) is 3.14. The van der Waals surface area contributed by atoms with Gasteiger partial charge in [-0.15, -0.1) is 0 Å². The van der Waals surface area contributed by atoms with E-state index in [4.69, 9.17) is 9.97 Å². The van der Waals surface area contributed by atoms with Crippen LogP contribution in [0.2, 0.25) is 0 Å². The summed E-state index contributed by atoms with van der Waals surface area (Å²) in [5, 5.41) is 9.74. The summed E-state index contributed by atoms with van der Waals surface area (Å²) in [4.78, 5) is 10.5. The van der Waals surface area contributed by atoms with Gasteiger partial charge in [0.25, 0.3) is 0 Å². The third-order valence-electron chi connectivity index (χ3n) is 9.03. The molecule has 0 atom stereocenters. The summed E-state index contributed by atoms with van der Waals surface area (Å²) in [6, 6.07) is 60.4. The molecule has 0 saturated heterocycles. The van der Waals surface area contributed by atoms with Gasteiger partial charge >= 0.3 is 0 Å². The predicted molar refractivity (Wildman–Crippen MR) is 194 cm³/mol. The fourth-order valence-electron chi connectivity index (χ4n) is 6.76. The molecule has 2 heteroatoms. The Balaban J connectivity index is 1.30. The summed E-state index contributed by atoms with van der Waals surface area (Å²) in [5.74, 6) is 0.714. The molecule has 8 aromatic carbocycles. The number of hydrogen-bond donors (Lipinski definition) is 0. The third-order valence-corrected chi connectivity index (χ3v) is 9.03. The van der Waals surface area contributed by atoms with E-state index in [1.165, 1.54) is 48.7 Å². The van der Waals surface area contributed by atoms with Crippen LogP contribution in [0.5, 0.6) is 0 Å². The molecule has 9 rings (SSSR count). The van der Waals surface area contributed by atoms with Crippen LogP contribution < -0.4 is 0 Å². The molecule has 0 aliphatic heterocycles. The van der Waals surface area contributed by atoms with Gasteiger partial charge in [-0.3, -0.25) is 0 Å². The van der Waals surface area contributed by atoms with Crippen LogP contribution in [0, 0.1) is 0 Å². The number of rotatable bonds is 4. The van der Waals surface area contributed by atoms with Crippen LogP contribution in [0.1, 0.15) is 0 Å². The van der Waals surface area contributed by atoms with Crippen LogP contribution in [0.15, 0.2) is 170 Å². The molecule has 0 N–H and O–H groups in total. The van der Waals surface area contributed by atoms with E-state index in [0.29, 0.717) is 5.82 Å². The van der Waals surface area contributed by atoms with Gasteiger partial charge in [-0.25, -0.2) is 9.97 Å². The van der Waals surface area contributed by atoms with Crippen molar-refractivity contribution in [3.8, 4) is 45.0 Å². The normalized spacial score (nSPS) is 11.5. The zero-order valence-electron chi connectivity index (χ0n) is 25.1. The molecule has 214 valence electrons. The molecule has 0 saturated carbocycles. The molecule has 0 spiro atoms.